The van der Waals surface area contributed by atoms with Gasteiger partial charge in [-0.2, -0.15) is 0 Å². The predicted octanol–water partition coefficient (Wildman–Crippen LogP) is 1.79. The van der Waals surface area contributed by atoms with Crippen molar-refractivity contribution in [1.29, 1.82) is 0 Å². The number of carbonyl (C=O) groups excluding carboxylic acids is 1. The minimum Gasteiger partial charge on any atom is -0.352 e. The SMILES string of the molecule is CNCCCNC(=O)c1cccc(Br)c1. The summed E-state index contributed by atoms with van der Waals surface area (Å²) in [5.41, 5.74) is 0.689. The average Bonchev–Trinajstić information content (AvgIpc) is 2.24. The van der Waals surface area contributed by atoms with Crippen LogP contribution >= 0.6 is 15.9 Å². The smallest absolute Gasteiger partial charge is 0.251 e. The number of benzene rings is 1. The number of rotatable bonds is 5. The van der Waals surface area contributed by atoms with Crippen LogP contribution in [0.4, 0.5) is 0 Å². The summed E-state index contributed by atoms with van der Waals surface area (Å²) in [5, 5.41) is 5.89. The number of hydrogen-bond donors (Lipinski definition) is 2. The number of carbonyl (C=O) groups is 1. The van der Waals surface area contributed by atoms with Crippen LogP contribution in [0.25, 0.3) is 0 Å². The van der Waals surface area contributed by atoms with Crippen molar-refractivity contribution >= 4 is 21.8 Å². The molecule has 0 aliphatic rings. The molecule has 1 aromatic rings. The van der Waals surface area contributed by atoms with Crippen molar-refractivity contribution in [2.24, 2.45) is 0 Å². The Morgan fingerprint density at radius 1 is 1.40 bits per heavy atom. The Morgan fingerprint density at radius 3 is 2.87 bits per heavy atom. The molecule has 1 rings (SSSR count). The van der Waals surface area contributed by atoms with Crippen LogP contribution in [-0.4, -0.2) is 26.0 Å². The van der Waals surface area contributed by atoms with Crippen molar-refractivity contribution in [3.63, 3.8) is 0 Å². The first-order chi connectivity index (χ1) is 7.24. The largest absolute Gasteiger partial charge is 0.352 e. The molecule has 2 N–H and O–H groups in total. The zero-order valence-electron chi connectivity index (χ0n) is 8.72. The second kappa shape index (κ2) is 6.58. The molecule has 0 bridgehead atoms. The minimum atomic E-state index is -0.0209. The van der Waals surface area contributed by atoms with Crippen molar-refractivity contribution < 1.29 is 4.79 Å². The second-order valence-electron chi connectivity index (χ2n) is 3.22. The quantitative estimate of drug-likeness (QED) is 0.802. The van der Waals surface area contributed by atoms with E-state index in [-0.39, 0.29) is 5.91 Å². The van der Waals surface area contributed by atoms with Gasteiger partial charge in [0.1, 0.15) is 0 Å². The molecule has 0 radical (unpaired) electrons. The zero-order chi connectivity index (χ0) is 11.1. The monoisotopic (exact) mass is 270 g/mol. The summed E-state index contributed by atoms with van der Waals surface area (Å²) in [4.78, 5) is 11.6. The highest BCUT2D eigenvalue weighted by Crippen LogP contribution is 2.11. The third-order valence-corrected chi connectivity index (χ3v) is 2.47. The van der Waals surface area contributed by atoms with E-state index in [0.29, 0.717) is 12.1 Å². The molecule has 0 aromatic heterocycles. The third-order valence-electron chi connectivity index (χ3n) is 1.98. The van der Waals surface area contributed by atoms with E-state index in [2.05, 4.69) is 26.6 Å². The molecule has 0 fully saturated rings. The van der Waals surface area contributed by atoms with Gasteiger partial charge < -0.3 is 10.6 Å². The Bertz CT molecular complexity index is 328. The van der Waals surface area contributed by atoms with Gasteiger partial charge in [-0.05, 0) is 38.2 Å². The second-order valence-corrected chi connectivity index (χ2v) is 4.14. The molecule has 0 atom stereocenters. The number of nitrogens with one attached hydrogen (secondary N) is 2. The maximum absolute atomic E-state index is 11.6. The standard InChI is InChI=1S/C11H15BrN2O/c1-13-6-3-7-14-11(15)9-4-2-5-10(12)8-9/h2,4-5,8,13H,3,6-7H2,1H3,(H,14,15). The molecule has 0 saturated heterocycles. The predicted molar refractivity (Wildman–Crippen MR) is 65.0 cm³/mol. The van der Waals surface area contributed by atoms with Crippen LogP contribution in [0, 0.1) is 0 Å². The fraction of sp³-hybridized carbons (Fsp3) is 0.364. The molecule has 1 aromatic carbocycles. The van der Waals surface area contributed by atoms with E-state index in [1.807, 2.05) is 25.2 Å². The van der Waals surface area contributed by atoms with Gasteiger partial charge in [0, 0.05) is 16.6 Å². The maximum atomic E-state index is 11.6. The Kier molecular flexibility index (Phi) is 5.36. The fourth-order valence-electron chi connectivity index (χ4n) is 1.20. The van der Waals surface area contributed by atoms with Gasteiger partial charge in [0.05, 0.1) is 0 Å². The molecule has 0 aliphatic heterocycles. The summed E-state index contributed by atoms with van der Waals surface area (Å²) in [6, 6.07) is 7.37. The van der Waals surface area contributed by atoms with Crippen LogP contribution in [-0.2, 0) is 0 Å². The van der Waals surface area contributed by atoms with Gasteiger partial charge in [-0.25, -0.2) is 0 Å². The maximum Gasteiger partial charge on any atom is 0.251 e. The summed E-state index contributed by atoms with van der Waals surface area (Å²) in [5.74, 6) is -0.0209. The normalized spacial score (nSPS) is 10.0. The minimum absolute atomic E-state index is 0.0209. The Morgan fingerprint density at radius 2 is 2.20 bits per heavy atom. The van der Waals surface area contributed by atoms with E-state index in [9.17, 15) is 4.79 Å². The lowest BCUT2D eigenvalue weighted by Gasteiger charge is -2.05. The summed E-state index contributed by atoms with van der Waals surface area (Å²) in [7, 11) is 1.90. The highest BCUT2D eigenvalue weighted by molar-refractivity contribution is 9.10. The lowest BCUT2D eigenvalue weighted by Crippen LogP contribution is -2.26. The van der Waals surface area contributed by atoms with Crippen molar-refractivity contribution in [3.8, 4) is 0 Å². The van der Waals surface area contributed by atoms with Crippen LogP contribution in [0.1, 0.15) is 16.8 Å². The molecule has 0 aliphatic carbocycles. The highest BCUT2D eigenvalue weighted by Gasteiger charge is 2.03. The first-order valence-corrected chi connectivity index (χ1v) is 5.71. The van der Waals surface area contributed by atoms with E-state index in [1.54, 1.807) is 6.07 Å². The lowest BCUT2D eigenvalue weighted by molar-refractivity contribution is 0.0953. The topological polar surface area (TPSA) is 41.1 Å². The molecule has 4 heteroatoms. The van der Waals surface area contributed by atoms with Gasteiger partial charge in [0.25, 0.3) is 5.91 Å². The third kappa shape index (κ3) is 4.44. The van der Waals surface area contributed by atoms with E-state index >= 15 is 0 Å². The van der Waals surface area contributed by atoms with Crippen molar-refractivity contribution in [2.45, 2.75) is 6.42 Å². The van der Waals surface area contributed by atoms with Gasteiger partial charge in [-0.3, -0.25) is 4.79 Å². The summed E-state index contributed by atoms with van der Waals surface area (Å²) in [6.45, 7) is 1.62. The molecular weight excluding hydrogens is 256 g/mol. The zero-order valence-corrected chi connectivity index (χ0v) is 10.3. The van der Waals surface area contributed by atoms with Gasteiger partial charge in [-0.15, -0.1) is 0 Å². The van der Waals surface area contributed by atoms with E-state index in [4.69, 9.17) is 0 Å². The van der Waals surface area contributed by atoms with Gasteiger partial charge in [0.15, 0.2) is 0 Å². The molecule has 0 spiro atoms. The van der Waals surface area contributed by atoms with E-state index < -0.39 is 0 Å². The molecule has 3 nitrogen and oxygen atoms in total. The molecule has 15 heavy (non-hydrogen) atoms. The Balaban J connectivity index is 2.40. The molecule has 1 amide bonds. The van der Waals surface area contributed by atoms with Gasteiger partial charge in [0.2, 0.25) is 0 Å². The number of amides is 1. The van der Waals surface area contributed by atoms with Crippen LogP contribution in [0.3, 0.4) is 0 Å². The van der Waals surface area contributed by atoms with Crippen LogP contribution in [0.2, 0.25) is 0 Å². The van der Waals surface area contributed by atoms with Crippen molar-refractivity contribution in [1.82, 2.24) is 10.6 Å². The number of hydrogen-bond acceptors (Lipinski definition) is 2. The molecule has 0 unspecified atom stereocenters. The summed E-state index contributed by atoms with van der Waals surface area (Å²) < 4.78 is 0.922. The first-order valence-electron chi connectivity index (χ1n) is 4.92. The Hall–Kier alpha value is -0.870. The first kappa shape index (κ1) is 12.2. The van der Waals surface area contributed by atoms with E-state index in [1.165, 1.54) is 0 Å². The Labute approximate surface area is 98.4 Å². The van der Waals surface area contributed by atoms with Crippen molar-refractivity contribution in [3.05, 3.63) is 34.3 Å². The molecular formula is C11H15BrN2O. The van der Waals surface area contributed by atoms with Crippen molar-refractivity contribution in [2.75, 3.05) is 20.1 Å². The summed E-state index contributed by atoms with van der Waals surface area (Å²) in [6.07, 6.45) is 0.941. The average molecular weight is 271 g/mol. The van der Waals surface area contributed by atoms with Gasteiger partial charge >= 0.3 is 0 Å². The van der Waals surface area contributed by atoms with E-state index in [0.717, 1.165) is 17.4 Å². The fourth-order valence-corrected chi connectivity index (χ4v) is 1.60. The van der Waals surface area contributed by atoms with Crippen LogP contribution < -0.4 is 10.6 Å². The number of halogens is 1. The van der Waals surface area contributed by atoms with Gasteiger partial charge in [-0.1, -0.05) is 22.0 Å². The molecule has 82 valence electrons. The summed E-state index contributed by atoms with van der Waals surface area (Å²) >= 11 is 3.33. The highest BCUT2D eigenvalue weighted by atomic mass is 79.9. The molecule has 0 saturated carbocycles. The van der Waals surface area contributed by atoms with Crippen LogP contribution in [0.15, 0.2) is 28.7 Å². The van der Waals surface area contributed by atoms with Crippen LogP contribution in [0.5, 0.6) is 0 Å². The molecule has 0 heterocycles. The lowest BCUT2D eigenvalue weighted by atomic mass is 10.2.